The molecule has 1 heterocycles. The fourth-order valence-corrected chi connectivity index (χ4v) is 1.19. The van der Waals surface area contributed by atoms with Crippen molar-refractivity contribution in [2.45, 2.75) is 13.3 Å². The molecule has 0 saturated carbocycles. The first-order valence-corrected chi connectivity index (χ1v) is 4.56. The number of hydrogen-bond donors (Lipinski definition) is 2. The van der Waals surface area contributed by atoms with Crippen molar-refractivity contribution in [1.29, 1.82) is 0 Å². The highest BCUT2D eigenvalue weighted by Crippen LogP contribution is 2.20. The maximum Gasteiger partial charge on any atom is 0.155 e. The van der Waals surface area contributed by atoms with Gasteiger partial charge in [0, 0.05) is 20.2 Å². The van der Waals surface area contributed by atoms with Crippen LogP contribution >= 0.6 is 0 Å². The first-order chi connectivity index (χ1) is 6.66. The van der Waals surface area contributed by atoms with Gasteiger partial charge in [-0.3, -0.25) is 0 Å². The van der Waals surface area contributed by atoms with E-state index >= 15 is 0 Å². The fourth-order valence-electron chi connectivity index (χ4n) is 1.19. The second-order valence-electron chi connectivity index (χ2n) is 3.20. The van der Waals surface area contributed by atoms with Gasteiger partial charge < -0.3 is 15.7 Å². The topological polar surface area (TPSA) is 75.3 Å². The SMILES string of the molecule is Cc1ncnc(N(C)CCCO)c1N. The van der Waals surface area contributed by atoms with Crippen LogP contribution in [-0.4, -0.2) is 35.3 Å². The van der Waals surface area contributed by atoms with Crippen LogP contribution in [0, 0.1) is 6.92 Å². The number of anilines is 2. The van der Waals surface area contributed by atoms with Crippen molar-refractivity contribution in [1.82, 2.24) is 9.97 Å². The van der Waals surface area contributed by atoms with Crippen molar-refractivity contribution in [2.24, 2.45) is 0 Å². The maximum atomic E-state index is 8.70. The molecule has 0 aromatic carbocycles. The number of aliphatic hydroxyl groups excluding tert-OH is 1. The maximum absolute atomic E-state index is 8.70. The molecule has 0 spiro atoms. The van der Waals surface area contributed by atoms with E-state index in [0.29, 0.717) is 12.1 Å². The molecule has 0 radical (unpaired) electrons. The van der Waals surface area contributed by atoms with Crippen LogP contribution in [-0.2, 0) is 0 Å². The van der Waals surface area contributed by atoms with Gasteiger partial charge in [0.1, 0.15) is 6.33 Å². The summed E-state index contributed by atoms with van der Waals surface area (Å²) >= 11 is 0. The van der Waals surface area contributed by atoms with Crippen molar-refractivity contribution >= 4 is 11.5 Å². The van der Waals surface area contributed by atoms with Gasteiger partial charge in [0.2, 0.25) is 0 Å². The van der Waals surface area contributed by atoms with Crippen LogP contribution in [0.15, 0.2) is 6.33 Å². The number of aliphatic hydroxyl groups is 1. The zero-order chi connectivity index (χ0) is 10.6. The number of nitrogen functional groups attached to an aromatic ring is 1. The van der Waals surface area contributed by atoms with Gasteiger partial charge in [0.05, 0.1) is 11.4 Å². The lowest BCUT2D eigenvalue weighted by atomic mass is 10.3. The molecule has 0 aliphatic heterocycles. The van der Waals surface area contributed by atoms with E-state index in [1.165, 1.54) is 6.33 Å². The van der Waals surface area contributed by atoms with E-state index in [4.69, 9.17) is 10.8 Å². The molecule has 3 N–H and O–H groups in total. The molecular weight excluding hydrogens is 180 g/mol. The molecule has 0 atom stereocenters. The smallest absolute Gasteiger partial charge is 0.155 e. The first kappa shape index (κ1) is 10.7. The van der Waals surface area contributed by atoms with E-state index in [9.17, 15) is 0 Å². The van der Waals surface area contributed by atoms with Gasteiger partial charge in [-0.05, 0) is 13.3 Å². The summed E-state index contributed by atoms with van der Waals surface area (Å²) in [6.07, 6.45) is 2.20. The highest BCUT2D eigenvalue weighted by atomic mass is 16.3. The molecule has 1 aromatic rings. The molecule has 1 rings (SSSR count). The first-order valence-electron chi connectivity index (χ1n) is 4.56. The standard InChI is InChI=1S/C9H16N4O/c1-7-8(10)9(12-6-11-7)13(2)4-3-5-14/h6,14H,3-5,10H2,1-2H3. The summed E-state index contributed by atoms with van der Waals surface area (Å²) in [6, 6.07) is 0. The summed E-state index contributed by atoms with van der Waals surface area (Å²) in [4.78, 5) is 10.0. The molecule has 0 fully saturated rings. The summed E-state index contributed by atoms with van der Waals surface area (Å²) in [6.45, 7) is 2.76. The Morgan fingerprint density at radius 3 is 2.86 bits per heavy atom. The Morgan fingerprint density at radius 2 is 2.21 bits per heavy atom. The zero-order valence-corrected chi connectivity index (χ0v) is 8.56. The second-order valence-corrected chi connectivity index (χ2v) is 3.20. The lowest BCUT2D eigenvalue weighted by molar-refractivity contribution is 0.290. The van der Waals surface area contributed by atoms with Gasteiger partial charge in [0.25, 0.3) is 0 Å². The van der Waals surface area contributed by atoms with Gasteiger partial charge in [-0.2, -0.15) is 0 Å². The van der Waals surface area contributed by atoms with Crippen molar-refractivity contribution in [2.75, 3.05) is 30.8 Å². The van der Waals surface area contributed by atoms with E-state index in [-0.39, 0.29) is 6.61 Å². The monoisotopic (exact) mass is 196 g/mol. The van der Waals surface area contributed by atoms with Crippen molar-refractivity contribution in [3.8, 4) is 0 Å². The van der Waals surface area contributed by atoms with Gasteiger partial charge >= 0.3 is 0 Å². The minimum absolute atomic E-state index is 0.175. The predicted molar refractivity (Wildman–Crippen MR) is 56.2 cm³/mol. The predicted octanol–water partition coefficient (Wildman–Crippen LogP) is 0.186. The van der Waals surface area contributed by atoms with Crippen LogP contribution < -0.4 is 10.6 Å². The normalized spacial score (nSPS) is 10.2. The van der Waals surface area contributed by atoms with Crippen LogP contribution in [0.25, 0.3) is 0 Å². The summed E-state index contributed by atoms with van der Waals surface area (Å²) in [7, 11) is 1.90. The highest BCUT2D eigenvalue weighted by Gasteiger charge is 2.08. The molecule has 5 nitrogen and oxygen atoms in total. The molecule has 14 heavy (non-hydrogen) atoms. The van der Waals surface area contributed by atoms with E-state index < -0.39 is 0 Å². The number of aromatic nitrogens is 2. The Hall–Kier alpha value is -1.36. The molecule has 1 aromatic heterocycles. The van der Waals surface area contributed by atoms with Gasteiger partial charge in [-0.25, -0.2) is 9.97 Å². The minimum atomic E-state index is 0.175. The molecular formula is C9H16N4O. The summed E-state index contributed by atoms with van der Waals surface area (Å²) < 4.78 is 0. The third-order valence-electron chi connectivity index (χ3n) is 2.08. The number of aryl methyl sites for hydroxylation is 1. The van der Waals surface area contributed by atoms with Crippen LogP contribution in [0.3, 0.4) is 0 Å². The van der Waals surface area contributed by atoms with Crippen molar-refractivity contribution in [3.05, 3.63) is 12.0 Å². The van der Waals surface area contributed by atoms with E-state index in [1.807, 2.05) is 18.9 Å². The molecule has 5 heteroatoms. The molecule has 0 amide bonds. The van der Waals surface area contributed by atoms with Gasteiger partial charge in [-0.15, -0.1) is 0 Å². The number of rotatable bonds is 4. The number of nitrogens with zero attached hydrogens (tertiary/aromatic N) is 3. The molecule has 78 valence electrons. The van der Waals surface area contributed by atoms with E-state index in [0.717, 1.165) is 18.1 Å². The molecule has 0 aliphatic carbocycles. The number of nitrogens with two attached hydrogens (primary N) is 1. The highest BCUT2D eigenvalue weighted by molar-refractivity contribution is 5.64. The molecule has 0 bridgehead atoms. The Balaban J connectivity index is 2.79. The van der Waals surface area contributed by atoms with Crippen molar-refractivity contribution in [3.63, 3.8) is 0 Å². The van der Waals surface area contributed by atoms with E-state index in [1.54, 1.807) is 0 Å². The molecule has 0 saturated heterocycles. The Kier molecular flexibility index (Phi) is 3.64. The van der Waals surface area contributed by atoms with Crippen LogP contribution in [0.2, 0.25) is 0 Å². The average Bonchev–Trinajstić information content (AvgIpc) is 2.18. The lowest BCUT2D eigenvalue weighted by Crippen LogP contribution is -2.22. The average molecular weight is 196 g/mol. The quantitative estimate of drug-likeness (QED) is 0.718. The Morgan fingerprint density at radius 1 is 1.50 bits per heavy atom. The van der Waals surface area contributed by atoms with Crippen LogP contribution in [0.1, 0.15) is 12.1 Å². The third kappa shape index (κ3) is 2.32. The minimum Gasteiger partial charge on any atom is -0.396 e. The number of hydrogen-bond acceptors (Lipinski definition) is 5. The summed E-state index contributed by atoms with van der Waals surface area (Å²) in [5.74, 6) is 0.728. The van der Waals surface area contributed by atoms with Crippen LogP contribution in [0.4, 0.5) is 11.5 Å². The molecule has 0 aliphatic rings. The van der Waals surface area contributed by atoms with Crippen LogP contribution in [0.5, 0.6) is 0 Å². The van der Waals surface area contributed by atoms with E-state index in [2.05, 4.69) is 9.97 Å². The Bertz CT molecular complexity index is 303. The second kappa shape index (κ2) is 4.76. The largest absolute Gasteiger partial charge is 0.396 e. The summed E-state index contributed by atoms with van der Waals surface area (Å²) in [5.41, 5.74) is 7.21. The zero-order valence-electron chi connectivity index (χ0n) is 8.56. The summed E-state index contributed by atoms with van der Waals surface area (Å²) in [5, 5.41) is 8.70. The lowest BCUT2D eigenvalue weighted by Gasteiger charge is -2.19. The van der Waals surface area contributed by atoms with Crippen molar-refractivity contribution < 1.29 is 5.11 Å². The van der Waals surface area contributed by atoms with Gasteiger partial charge in [0.15, 0.2) is 5.82 Å². The molecule has 0 unspecified atom stereocenters. The fraction of sp³-hybridized carbons (Fsp3) is 0.556. The Labute approximate surface area is 83.6 Å². The third-order valence-corrected chi connectivity index (χ3v) is 2.08. The van der Waals surface area contributed by atoms with Gasteiger partial charge in [-0.1, -0.05) is 0 Å².